The zero-order valence-corrected chi connectivity index (χ0v) is 12.0. The van der Waals surface area contributed by atoms with Crippen LogP contribution >= 0.6 is 27.5 Å². The van der Waals surface area contributed by atoms with Crippen LogP contribution in [0.1, 0.15) is 37.7 Å². The standard InChI is InChI=1S/C13H13BrClFO2/c14-9-6-8(10(15)7-11(9)16)13(12(17)18)4-2-1-3-5-13/h6-7H,1-5H2,(H,17,18). The molecule has 1 saturated carbocycles. The van der Waals surface area contributed by atoms with Crippen LogP contribution in [0.15, 0.2) is 16.6 Å². The second-order valence-corrected chi connectivity index (χ2v) is 5.96. The van der Waals surface area contributed by atoms with Crippen molar-refractivity contribution in [3.05, 3.63) is 33.0 Å². The minimum absolute atomic E-state index is 0.194. The summed E-state index contributed by atoms with van der Waals surface area (Å²) in [6.07, 6.45) is 3.87. The van der Waals surface area contributed by atoms with Crippen LogP contribution in [0, 0.1) is 5.82 Å². The molecule has 1 aromatic carbocycles. The number of hydrogen-bond donors (Lipinski definition) is 1. The summed E-state index contributed by atoms with van der Waals surface area (Å²) in [5.74, 6) is -1.34. The Bertz CT molecular complexity index is 484. The number of benzene rings is 1. The lowest BCUT2D eigenvalue weighted by molar-refractivity contribution is -0.145. The van der Waals surface area contributed by atoms with Gasteiger partial charge in [-0.3, -0.25) is 4.79 Å². The zero-order valence-electron chi connectivity index (χ0n) is 9.68. The summed E-state index contributed by atoms with van der Waals surface area (Å²) in [7, 11) is 0. The molecule has 5 heteroatoms. The molecule has 1 N–H and O–H groups in total. The molecule has 2 rings (SSSR count). The van der Waals surface area contributed by atoms with Gasteiger partial charge in [0.15, 0.2) is 0 Å². The molecule has 0 heterocycles. The fourth-order valence-corrected chi connectivity index (χ4v) is 3.32. The van der Waals surface area contributed by atoms with Crippen molar-refractivity contribution in [3.63, 3.8) is 0 Å². The van der Waals surface area contributed by atoms with Gasteiger partial charge in [0.05, 0.1) is 9.89 Å². The van der Waals surface area contributed by atoms with Crippen molar-refractivity contribution in [1.82, 2.24) is 0 Å². The van der Waals surface area contributed by atoms with E-state index in [1.807, 2.05) is 0 Å². The van der Waals surface area contributed by atoms with Crippen molar-refractivity contribution < 1.29 is 14.3 Å². The highest BCUT2D eigenvalue weighted by Gasteiger charge is 2.42. The highest BCUT2D eigenvalue weighted by atomic mass is 79.9. The van der Waals surface area contributed by atoms with Crippen molar-refractivity contribution >= 4 is 33.5 Å². The summed E-state index contributed by atoms with van der Waals surface area (Å²) in [5, 5.41) is 9.75. The molecule has 0 spiro atoms. The number of rotatable bonds is 2. The summed E-state index contributed by atoms with van der Waals surface area (Å²) >= 11 is 9.14. The Morgan fingerprint density at radius 3 is 2.50 bits per heavy atom. The van der Waals surface area contributed by atoms with Crippen molar-refractivity contribution in [2.75, 3.05) is 0 Å². The van der Waals surface area contributed by atoms with Gasteiger partial charge in [0.25, 0.3) is 0 Å². The van der Waals surface area contributed by atoms with Crippen LogP contribution in [-0.2, 0) is 10.2 Å². The first-order valence-corrected chi connectivity index (χ1v) is 7.03. The Labute approximate surface area is 118 Å². The fourth-order valence-electron chi connectivity index (χ4n) is 2.64. The van der Waals surface area contributed by atoms with E-state index in [9.17, 15) is 14.3 Å². The molecule has 98 valence electrons. The van der Waals surface area contributed by atoms with E-state index in [0.29, 0.717) is 18.4 Å². The summed E-state index contributed by atoms with van der Waals surface area (Å²) in [6, 6.07) is 2.69. The number of carbonyl (C=O) groups is 1. The third-order valence-electron chi connectivity index (χ3n) is 3.64. The van der Waals surface area contributed by atoms with Gasteiger partial charge in [-0.25, -0.2) is 4.39 Å². The predicted molar refractivity (Wildman–Crippen MR) is 71.5 cm³/mol. The van der Waals surface area contributed by atoms with Gasteiger partial charge < -0.3 is 5.11 Å². The largest absolute Gasteiger partial charge is 0.481 e. The Kier molecular flexibility index (Phi) is 3.97. The van der Waals surface area contributed by atoms with Gasteiger partial charge in [-0.05, 0) is 46.5 Å². The van der Waals surface area contributed by atoms with Crippen LogP contribution in [0.3, 0.4) is 0 Å². The van der Waals surface area contributed by atoms with Crippen LogP contribution in [0.25, 0.3) is 0 Å². The molecule has 0 unspecified atom stereocenters. The van der Waals surface area contributed by atoms with E-state index in [2.05, 4.69) is 15.9 Å². The van der Waals surface area contributed by atoms with E-state index in [1.165, 1.54) is 12.1 Å². The SMILES string of the molecule is O=C(O)C1(c2cc(Br)c(F)cc2Cl)CCCCC1. The van der Waals surface area contributed by atoms with E-state index < -0.39 is 17.2 Å². The molecule has 1 aromatic rings. The number of carboxylic acid groups (broad SMARTS) is 1. The van der Waals surface area contributed by atoms with E-state index in [-0.39, 0.29) is 9.50 Å². The van der Waals surface area contributed by atoms with Gasteiger partial charge in [0.2, 0.25) is 0 Å². The smallest absolute Gasteiger partial charge is 0.314 e. The fraction of sp³-hybridized carbons (Fsp3) is 0.462. The molecule has 1 aliphatic rings. The number of carboxylic acids is 1. The van der Waals surface area contributed by atoms with E-state index in [0.717, 1.165) is 19.3 Å². The second kappa shape index (κ2) is 5.17. The predicted octanol–water partition coefficient (Wildman–Crippen LogP) is 4.53. The molecule has 0 aliphatic heterocycles. The molecular formula is C13H13BrClFO2. The maximum absolute atomic E-state index is 13.4. The van der Waals surface area contributed by atoms with Gasteiger partial charge in [-0.2, -0.15) is 0 Å². The third-order valence-corrected chi connectivity index (χ3v) is 4.56. The zero-order chi connectivity index (χ0) is 13.3. The molecule has 0 bridgehead atoms. The third kappa shape index (κ3) is 2.28. The van der Waals surface area contributed by atoms with E-state index in [4.69, 9.17) is 11.6 Å². The number of hydrogen-bond acceptors (Lipinski definition) is 1. The topological polar surface area (TPSA) is 37.3 Å². The summed E-state index contributed by atoms with van der Waals surface area (Å²) < 4.78 is 13.6. The first-order valence-electron chi connectivity index (χ1n) is 5.86. The molecule has 0 atom stereocenters. The van der Waals surface area contributed by atoms with Crippen LogP contribution in [0.4, 0.5) is 4.39 Å². The van der Waals surface area contributed by atoms with Crippen LogP contribution in [-0.4, -0.2) is 11.1 Å². The Morgan fingerprint density at radius 2 is 1.94 bits per heavy atom. The first-order chi connectivity index (χ1) is 8.47. The number of halogens is 3. The summed E-state index contributed by atoms with van der Waals surface area (Å²) in [5.41, 5.74) is -0.449. The van der Waals surface area contributed by atoms with Crippen LogP contribution in [0.2, 0.25) is 5.02 Å². The van der Waals surface area contributed by atoms with Crippen molar-refractivity contribution in [2.24, 2.45) is 0 Å². The van der Waals surface area contributed by atoms with Gasteiger partial charge in [0.1, 0.15) is 5.82 Å². The Hall–Kier alpha value is -0.610. The normalized spacial score (nSPS) is 18.6. The lowest BCUT2D eigenvalue weighted by atomic mass is 9.69. The van der Waals surface area contributed by atoms with Gasteiger partial charge in [0, 0.05) is 5.02 Å². The Morgan fingerprint density at radius 1 is 1.33 bits per heavy atom. The van der Waals surface area contributed by atoms with Crippen molar-refractivity contribution in [3.8, 4) is 0 Å². The maximum atomic E-state index is 13.4. The van der Waals surface area contributed by atoms with Crippen LogP contribution in [0.5, 0.6) is 0 Å². The molecule has 2 nitrogen and oxygen atoms in total. The van der Waals surface area contributed by atoms with Crippen molar-refractivity contribution in [2.45, 2.75) is 37.5 Å². The monoisotopic (exact) mass is 334 g/mol. The highest BCUT2D eigenvalue weighted by molar-refractivity contribution is 9.10. The van der Waals surface area contributed by atoms with Gasteiger partial charge in [-0.15, -0.1) is 0 Å². The first kappa shape index (κ1) is 13.8. The molecule has 0 radical (unpaired) electrons. The summed E-state index contributed by atoms with van der Waals surface area (Å²) in [6.45, 7) is 0. The molecular weight excluding hydrogens is 322 g/mol. The van der Waals surface area contributed by atoms with Crippen molar-refractivity contribution in [1.29, 1.82) is 0 Å². The average Bonchev–Trinajstić information content (AvgIpc) is 2.34. The molecule has 0 saturated heterocycles. The van der Waals surface area contributed by atoms with Crippen LogP contribution < -0.4 is 0 Å². The molecule has 0 amide bonds. The molecule has 1 aliphatic carbocycles. The minimum atomic E-state index is -0.967. The Balaban J connectivity index is 2.55. The molecule has 1 fully saturated rings. The second-order valence-electron chi connectivity index (χ2n) is 4.69. The maximum Gasteiger partial charge on any atom is 0.314 e. The molecule has 18 heavy (non-hydrogen) atoms. The quantitative estimate of drug-likeness (QED) is 0.806. The molecule has 0 aromatic heterocycles. The van der Waals surface area contributed by atoms with Gasteiger partial charge >= 0.3 is 5.97 Å². The lowest BCUT2D eigenvalue weighted by Gasteiger charge is -2.34. The lowest BCUT2D eigenvalue weighted by Crippen LogP contribution is -2.38. The highest BCUT2D eigenvalue weighted by Crippen LogP contribution is 2.43. The average molecular weight is 336 g/mol. The summed E-state index contributed by atoms with van der Waals surface area (Å²) in [4.78, 5) is 11.7. The van der Waals surface area contributed by atoms with E-state index >= 15 is 0 Å². The number of aliphatic carboxylic acids is 1. The minimum Gasteiger partial charge on any atom is -0.481 e. The van der Waals surface area contributed by atoms with Gasteiger partial charge in [-0.1, -0.05) is 30.9 Å². The van der Waals surface area contributed by atoms with E-state index in [1.54, 1.807) is 0 Å².